The maximum atomic E-state index is 12.4. The van der Waals surface area contributed by atoms with Gasteiger partial charge in [-0.05, 0) is 13.3 Å². The summed E-state index contributed by atoms with van der Waals surface area (Å²) in [5, 5.41) is 2.82. The van der Waals surface area contributed by atoms with Crippen LogP contribution in [-0.4, -0.2) is 79.0 Å². The number of primary amides is 1. The molecule has 0 aromatic carbocycles. The van der Waals surface area contributed by atoms with E-state index in [0.717, 1.165) is 0 Å². The third kappa shape index (κ3) is 3.70. The van der Waals surface area contributed by atoms with Crippen LogP contribution in [0.5, 0.6) is 0 Å². The van der Waals surface area contributed by atoms with Gasteiger partial charge in [0.2, 0.25) is 17.7 Å². The summed E-state index contributed by atoms with van der Waals surface area (Å²) in [5.74, 6) is -0.703. The van der Waals surface area contributed by atoms with E-state index < -0.39 is 18.0 Å². The Bertz CT molecular complexity index is 422. The normalized spacial score (nSPS) is 24.2. The Morgan fingerprint density at radius 3 is 2.67 bits per heavy atom. The van der Waals surface area contributed by atoms with Crippen LogP contribution in [0.2, 0.25) is 0 Å². The number of hydrogen-bond donors (Lipinski definition) is 2. The number of ether oxygens (including phenoxy) is 1. The number of nitrogens with zero attached hydrogens (tertiary/aromatic N) is 2. The largest absolute Gasteiger partial charge is 0.378 e. The summed E-state index contributed by atoms with van der Waals surface area (Å²) in [6, 6.07) is -0.923. The zero-order valence-electron chi connectivity index (χ0n) is 12.2. The zero-order chi connectivity index (χ0) is 15.4. The molecule has 0 spiro atoms. The minimum absolute atomic E-state index is 0.0317. The van der Waals surface area contributed by atoms with Crippen LogP contribution in [0.1, 0.15) is 13.3 Å². The van der Waals surface area contributed by atoms with Crippen LogP contribution in [0.3, 0.4) is 0 Å². The number of nitrogens with two attached hydrogens (primary N) is 1. The third-order valence-electron chi connectivity index (χ3n) is 3.91. The fraction of sp³-hybridized carbons (Fsp3) is 0.769. The highest BCUT2D eigenvalue weighted by Crippen LogP contribution is 2.16. The van der Waals surface area contributed by atoms with Crippen LogP contribution in [0.25, 0.3) is 0 Å². The van der Waals surface area contributed by atoms with Crippen molar-refractivity contribution < 1.29 is 19.1 Å². The van der Waals surface area contributed by atoms with Crippen molar-refractivity contribution in [1.29, 1.82) is 0 Å². The van der Waals surface area contributed by atoms with E-state index >= 15 is 0 Å². The monoisotopic (exact) mass is 298 g/mol. The SMILES string of the molecule is C[C@@H](C(=O)N1CCOCC1)N1CC[C@H](NCC(N)=O)C1=O. The van der Waals surface area contributed by atoms with Gasteiger partial charge in [-0.25, -0.2) is 0 Å². The van der Waals surface area contributed by atoms with Crippen molar-refractivity contribution in [3.8, 4) is 0 Å². The Hall–Kier alpha value is -1.67. The minimum Gasteiger partial charge on any atom is -0.378 e. The smallest absolute Gasteiger partial charge is 0.245 e. The highest BCUT2D eigenvalue weighted by Gasteiger charge is 2.38. The molecule has 2 atom stereocenters. The highest BCUT2D eigenvalue weighted by molar-refractivity contribution is 5.91. The van der Waals surface area contributed by atoms with Crippen molar-refractivity contribution >= 4 is 17.7 Å². The lowest BCUT2D eigenvalue weighted by Crippen LogP contribution is -2.52. The van der Waals surface area contributed by atoms with Crippen molar-refractivity contribution in [2.75, 3.05) is 39.4 Å². The average molecular weight is 298 g/mol. The minimum atomic E-state index is -0.501. The lowest BCUT2D eigenvalue weighted by Gasteiger charge is -2.32. The number of amides is 3. The van der Waals surface area contributed by atoms with Crippen LogP contribution in [0.4, 0.5) is 0 Å². The van der Waals surface area contributed by atoms with E-state index in [2.05, 4.69) is 5.32 Å². The first-order valence-electron chi connectivity index (χ1n) is 7.19. The lowest BCUT2D eigenvalue weighted by atomic mass is 10.2. The van der Waals surface area contributed by atoms with E-state index in [1.807, 2.05) is 0 Å². The first-order valence-corrected chi connectivity index (χ1v) is 7.19. The quantitative estimate of drug-likeness (QED) is 0.605. The molecule has 118 valence electrons. The molecule has 2 rings (SSSR count). The van der Waals surface area contributed by atoms with Crippen molar-refractivity contribution in [2.45, 2.75) is 25.4 Å². The van der Waals surface area contributed by atoms with Gasteiger partial charge in [-0.1, -0.05) is 0 Å². The summed E-state index contributed by atoms with van der Waals surface area (Å²) in [4.78, 5) is 38.7. The predicted molar refractivity (Wildman–Crippen MR) is 74.2 cm³/mol. The first-order chi connectivity index (χ1) is 10.0. The fourth-order valence-electron chi connectivity index (χ4n) is 2.68. The van der Waals surface area contributed by atoms with Crippen LogP contribution in [0.15, 0.2) is 0 Å². The van der Waals surface area contributed by atoms with Gasteiger partial charge in [0, 0.05) is 19.6 Å². The van der Waals surface area contributed by atoms with Gasteiger partial charge in [0.05, 0.1) is 25.8 Å². The maximum Gasteiger partial charge on any atom is 0.245 e. The van der Waals surface area contributed by atoms with E-state index in [9.17, 15) is 14.4 Å². The number of carbonyl (C=O) groups is 3. The Morgan fingerprint density at radius 1 is 1.38 bits per heavy atom. The molecule has 0 aromatic heterocycles. The fourth-order valence-corrected chi connectivity index (χ4v) is 2.68. The molecule has 2 heterocycles. The van der Waals surface area contributed by atoms with Gasteiger partial charge < -0.3 is 20.3 Å². The summed E-state index contributed by atoms with van der Waals surface area (Å²) < 4.78 is 5.22. The number of morpholine rings is 1. The molecule has 2 saturated heterocycles. The van der Waals surface area contributed by atoms with Gasteiger partial charge >= 0.3 is 0 Å². The van der Waals surface area contributed by atoms with Gasteiger partial charge in [0.25, 0.3) is 0 Å². The zero-order valence-corrected chi connectivity index (χ0v) is 12.2. The highest BCUT2D eigenvalue weighted by atomic mass is 16.5. The molecule has 8 heteroatoms. The summed E-state index contributed by atoms with van der Waals surface area (Å²) >= 11 is 0. The topological polar surface area (TPSA) is 105 Å². The number of nitrogens with one attached hydrogen (secondary N) is 1. The van der Waals surface area contributed by atoms with Crippen molar-refractivity contribution in [1.82, 2.24) is 15.1 Å². The van der Waals surface area contributed by atoms with Gasteiger partial charge in [-0.15, -0.1) is 0 Å². The Morgan fingerprint density at radius 2 is 2.05 bits per heavy atom. The van der Waals surface area contributed by atoms with Gasteiger partial charge in [-0.3, -0.25) is 19.7 Å². The second-order valence-corrected chi connectivity index (χ2v) is 5.33. The number of rotatable bonds is 5. The van der Waals surface area contributed by atoms with Crippen LogP contribution >= 0.6 is 0 Å². The van der Waals surface area contributed by atoms with Gasteiger partial charge in [-0.2, -0.15) is 0 Å². The Balaban J connectivity index is 1.90. The molecule has 0 aliphatic carbocycles. The Kier molecular flexibility index (Phi) is 5.13. The maximum absolute atomic E-state index is 12.4. The summed E-state index contributed by atoms with van der Waals surface area (Å²) in [6.07, 6.45) is 0.576. The molecule has 3 amide bonds. The van der Waals surface area contributed by atoms with Crippen LogP contribution < -0.4 is 11.1 Å². The molecular weight excluding hydrogens is 276 g/mol. The number of likely N-dealkylation sites (tertiary alicyclic amines) is 1. The second-order valence-electron chi connectivity index (χ2n) is 5.33. The summed E-state index contributed by atoms with van der Waals surface area (Å²) in [7, 11) is 0. The second kappa shape index (κ2) is 6.86. The summed E-state index contributed by atoms with van der Waals surface area (Å²) in [6.45, 7) is 4.42. The third-order valence-corrected chi connectivity index (χ3v) is 3.91. The molecule has 0 unspecified atom stereocenters. The molecule has 2 aliphatic heterocycles. The van der Waals surface area contributed by atoms with Gasteiger partial charge in [0.15, 0.2) is 0 Å². The molecule has 2 aliphatic rings. The molecule has 8 nitrogen and oxygen atoms in total. The van der Waals surface area contributed by atoms with E-state index in [1.165, 1.54) is 0 Å². The van der Waals surface area contributed by atoms with Gasteiger partial charge in [0.1, 0.15) is 6.04 Å². The molecule has 2 fully saturated rings. The Labute approximate surface area is 123 Å². The predicted octanol–water partition coefficient (Wildman–Crippen LogP) is -2.09. The van der Waals surface area contributed by atoms with E-state index in [0.29, 0.717) is 39.3 Å². The van der Waals surface area contributed by atoms with Crippen LogP contribution in [-0.2, 0) is 19.1 Å². The standard InChI is InChI=1S/C13H22N4O4/c1-9(12(19)16-4-6-21-7-5-16)17-3-2-10(13(17)20)15-8-11(14)18/h9-10,15H,2-8H2,1H3,(H2,14,18)/t9-,10-/m0/s1. The molecule has 0 aromatic rings. The molecular formula is C13H22N4O4. The van der Waals surface area contributed by atoms with E-state index in [4.69, 9.17) is 10.5 Å². The molecule has 0 radical (unpaired) electrons. The number of hydrogen-bond acceptors (Lipinski definition) is 5. The number of carbonyl (C=O) groups excluding carboxylic acids is 3. The molecule has 21 heavy (non-hydrogen) atoms. The molecule has 0 bridgehead atoms. The molecule has 3 N–H and O–H groups in total. The first kappa shape index (κ1) is 15.7. The van der Waals surface area contributed by atoms with Crippen molar-refractivity contribution in [3.63, 3.8) is 0 Å². The van der Waals surface area contributed by atoms with Crippen molar-refractivity contribution in [2.24, 2.45) is 5.73 Å². The summed E-state index contributed by atoms with van der Waals surface area (Å²) in [5.41, 5.74) is 5.06. The molecule has 0 saturated carbocycles. The lowest BCUT2D eigenvalue weighted by molar-refractivity contribution is -0.146. The average Bonchev–Trinajstić information content (AvgIpc) is 2.85. The van der Waals surface area contributed by atoms with E-state index in [-0.39, 0.29) is 18.4 Å². The van der Waals surface area contributed by atoms with Crippen molar-refractivity contribution in [3.05, 3.63) is 0 Å². The van der Waals surface area contributed by atoms with E-state index in [1.54, 1.807) is 16.7 Å². The van der Waals surface area contributed by atoms with Crippen LogP contribution in [0, 0.1) is 0 Å².